The van der Waals surface area contributed by atoms with Crippen molar-refractivity contribution in [2.45, 2.75) is 56.6 Å². The number of thioether (sulfide) groups is 1. The van der Waals surface area contributed by atoms with Crippen LogP contribution in [-0.2, 0) is 32.0 Å². The number of aromatic nitrogens is 1. The van der Waals surface area contributed by atoms with Crippen LogP contribution in [0.5, 0.6) is 0 Å². The lowest BCUT2D eigenvalue weighted by Gasteiger charge is -2.34. The number of hydrogen-bond donors (Lipinski definition) is 0. The van der Waals surface area contributed by atoms with Gasteiger partial charge in [-0.3, -0.25) is 9.69 Å². The van der Waals surface area contributed by atoms with Gasteiger partial charge in [0.05, 0.1) is 37.6 Å². The van der Waals surface area contributed by atoms with E-state index in [0.717, 1.165) is 30.0 Å². The van der Waals surface area contributed by atoms with Crippen LogP contribution in [0.3, 0.4) is 0 Å². The van der Waals surface area contributed by atoms with E-state index in [1.807, 2.05) is 13.8 Å². The number of carbonyl (C=O) groups excluding carboxylic acids is 1. The van der Waals surface area contributed by atoms with Gasteiger partial charge in [0, 0.05) is 6.42 Å². The highest BCUT2D eigenvalue weighted by molar-refractivity contribution is 8.00. The van der Waals surface area contributed by atoms with Gasteiger partial charge in [0.15, 0.2) is 5.03 Å². The first-order chi connectivity index (χ1) is 13.4. The zero-order chi connectivity index (χ0) is 20.3. The highest BCUT2D eigenvalue weighted by Crippen LogP contribution is 2.37. The molecule has 1 aromatic heterocycles. The van der Waals surface area contributed by atoms with Crippen molar-refractivity contribution in [1.29, 1.82) is 5.26 Å². The number of pyridine rings is 1. The molecule has 1 aromatic rings. The molecule has 1 saturated heterocycles. The Morgan fingerprint density at radius 1 is 1.39 bits per heavy atom. The molecule has 2 aliphatic rings. The van der Waals surface area contributed by atoms with E-state index in [1.54, 1.807) is 13.8 Å². The Kier molecular flexibility index (Phi) is 6.48. The number of nitrogens with zero attached hydrogens (tertiary/aromatic N) is 2. The van der Waals surface area contributed by atoms with E-state index < -0.39 is 5.25 Å². The molecule has 28 heavy (non-hydrogen) atoms. The topological polar surface area (TPSA) is 85.9 Å². The van der Waals surface area contributed by atoms with E-state index in [2.05, 4.69) is 16.0 Å². The summed E-state index contributed by atoms with van der Waals surface area (Å²) in [5.41, 5.74) is 2.31. The summed E-state index contributed by atoms with van der Waals surface area (Å²) in [6.45, 7) is 11.3. The molecule has 1 fully saturated rings. The Bertz CT molecular complexity index is 785. The van der Waals surface area contributed by atoms with Crippen LogP contribution in [-0.4, -0.2) is 49.7 Å². The second-order valence-corrected chi connectivity index (χ2v) is 8.93. The summed E-state index contributed by atoms with van der Waals surface area (Å²) >= 11 is 1.34. The maximum atomic E-state index is 12.1. The molecule has 0 saturated carbocycles. The predicted molar refractivity (Wildman–Crippen MR) is 105 cm³/mol. The minimum atomic E-state index is -0.410. The van der Waals surface area contributed by atoms with Crippen LogP contribution in [0.15, 0.2) is 5.03 Å². The van der Waals surface area contributed by atoms with Gasteiger partial charge < -0.3 is 14.2 Å². The third-order valence-electron chi connectivity index (χ3n) is 4.97. The van der Waals surface area contributed by atoms with Gasteiger partial charge in [-0.05, 0) is 33.3 Å². The van der Waals surface area contributed by atoms with Crippen molar-refractivity contribution in [3.8, 4) is 6.07 Å². The van der Waals surface area contributed by atoms with E-state index in [1.165, 1.54) is 11.8 Å². The smallest absolute Gasteiger partial charge is 0.319 e. The molecule has 0 radical (unpaired) electrons. The highest BCUT2D eigenvalue weighted by Gasteiger charge is 2.37. The number of ether oxygens (including phenoxy) is 3. The fourth-order valence-electron chi connectivity index (χ4n) is 3.52. The molecule has 0 aliphatic carbocycles. The molecule has 0 aromatic carbocycles. The summed E-state index contributed by atoms with van der Waals surface area (Å²) < 4.78 is 16.7. The maximum Gasteiger partial charge on any atom is 0.319 e. The minimum absolute atomic E-state index is 0.279. The number of morpholine rings is 1. The fourth-order valence-corrected chi connectivity index (χ4v) is 4.48. The predicted octanol–water partition coefficient (Wildman–Crippen LogP) is 2.10. The van der Waals surface area contributed by atoms with E-state index in [4.69, 9.17) is 14.2 Å². The van der Waals surface area contributed by atoms with E-state index in [0.29, 0.717) is 43.4 Å². The SMILES string of the molecule is CCOC(=O)[C@H](C)Sc1[nH+]c(N2CCOCC2)c2c(c1C#N)CC(C)(C)OC2. The first kappa shape index (κ1) is 20.9. The summed E-state index contributed by atoms with van der Waals surface area (Å²) in [6.07, 6.45) is 0.651. The molecular weight excluding hydrogens is 378 g/mol. The van der Waals surface area contributed by atoms with Crippen LogP contribution in [0.2, 0.25) is 0 Å². The molecule has 0 spiro atoms. The lowest BCUT2D eigenvalue weighted by molar-refractivity contribution is -0.415. The molecule has 1 N–H and O–H groups in total. The molecule has 8 heteroatoms. The van der Waals surface area contributed by atoms with Crippen LogP contribution < -0.4 is 9.88 Å². The monoisotopic (exact) mass is 406 g/mol. The molecule has 3 rings (SSSR count). The second kappa shape index (κ2) is 8.68. The number of fused-ring (bicyclic) bond motifs is 1. The van der Waals surface area contributed by atoms with Crippen molar-refractivity contribution in [1.82, 2.24) is 0 Å². The molecule has 0 bridgehead atoms. The van der Waals surface area contributed by atoms with E-state index in [9.17, 15) is 10.1 Å². The first-order valence-corrected chi connectivity index (χ1v) is 10.6. The molecule has 7 nitrogen and oxygen atoms in total. The van der Waals surface area contributed by atoms with Crippen molar-refractivity contribution in [2.75, 3.05) is 37.8 Å². The highest BCUT2D eigenvalue weighted by atomic mass is 32.2. The van der Waals surface area contributed by atoms with Gasteiger partial charge in [-0.2, -0.15) is 5.26 Å². The Balaban J connectivity index is 2.05. The molecule has 3 heterocycles. The fraction of sp³-hybridized carbons (Fsp3) is 0.650. The number of hydrogen-bond acceptors (Lipinski definition) is 7. The Hall–Kier alpha value is -1.82. The summed E-state index contributed by atoms with van der Waals surface area (Å²) in [5, 5.41) is 10.2. The normalized spacial score (nSPS) is 19.5. The number of aromatic amines is 1. The van der Waals surface area contributed by atoms with Crippen LogP contribution in [0.1, 0.15) is 44.4 Å². The molecular formula is C20H28N3O4S+. The lowest BCUT2D eigenvalue weighted by atomic mass is 9.89. The van der Waals surface area contributed by atoms with Crippen molar-refractivity contribution in [3.63, 3.8) is 0 Å². The molecule has 2 aliphatic heterocycles. The maximum absolute atomic E-state index is 12.1. The third-order valence-corrected chi connectivity index (χ3v) is 6.06. The molecule has 0 amide bonds. The number of esters is 1. The quantitative estimate of drug-likeness (QED) is 0.547. The average molecular weight is 407 g/mol. The number of anilines is 1. The minimum Gasteiger partial charge on any atom is -0.465 e. The zero-order valence-electron chi connectivity index (χ0n) is 17.0. The van der Waals surface area contributed by atoms with Gasteiger partial charge in [0.1, 0.15) is 30.0 Å². The second-order valence-electron chi connectivity index (χ2n) is 7.58. The number of H-pyrrole nitrogens is 1. The van der Waals surface area contributed by atoms with Crippen LogP contribution >= 0.6 is 11.8 Å². The Labute approximate surface area is 170 Å². The van der Waals surface area contributed by atoms with Crippen LogP contribution in [0.4, 0.5) is 5.82 Å². The van der Waals surface area contributed by atoms with Crippen molar-refractivity contribution < 1.29 is 24.0 Å². The van der Waals surface area contributed by atoms with Gasteiger partial charge in [-0.15, -0.1) is 0 Å². The Morgan fingerprint density at radius 2 is 2.11 bits per heavy atom. The molecule has 0 unspecified atom stereocenters. The number of nitrogens with one attached hydrogen (secondary N) is 1. The summed E-state index contributed by atoms with van der Waals surface area (Å²) in [6, 6.07) is 2.36. The van der Waals surface area contributed by atoms with Crippen LogP contribution in [0, 0.1) is 11.3 Å². The van der Waals surface area contributed by atoms with Crippen molar-refractivity contribution >= 4 is 23.5 Å². The lowest BCUT2D eigenvalue weighted by Crippen LogP contribution is -2.43. The van der Waals surface area contributed by atoms with E-state index >= 15 is 0 Å². The zero-order valence-corrected chi connectivity index (χ0v) is 17.8. The third kappa shape index (κ3) is 4.43. The summed E-state index contributed by atoms with van der Waals surface area (Å²) in [4.78, 5) is 17.8. The Morgan fingerprint density at radius 3 is 2.75 bits per heavy atom. The largest absolute Gasteiger partial charge is 0.465 e. The van der Waals surface area contributed by atoms with Gasteiger partial charge in [-0.25, -0.2) is 4.98 Å². The molecule has 152 valence electrons. The van der Waals surface area contributed by atoms with Crippen molar-refractivity contribution in [3.05, 3.63) is 16.7 Å². The number of rotatable bonds is 5. The van der Waals surface area contributed by atoms with Gasteiger partial charge in [0.2, 0.25) is 0 Å². The van der Waals surface area contributed by atoms with Gasteiger partial charge in [-0.1, -0.05) is 11.8 Å². The number of nitriles is 1. The van der Waals surface area contributed by atoms with Crippen LogP contribution in [0.25, 0.3) is 0 Å². The number of carbonyl (C=O) groups is 1. The van der Waals surface area contributed by atoms with Gasteiger partial charge in [0.25, 0.3) is 5.82 Å². The summed E-state index contributed by atoms with van der Waals surface area (Å²) in [5.74, 6) is 0.686. The van der Waals surface area contributed by atoms with E-state index in [-0.39, 0.29) is 11.6 Å². The molecule has 1 atom stereocenters. The van der Waals surface area contributed by atoms with Gasteiger partial charge >= 0.3 is 5.97 Å². The summed E-state index contributed by atoms with van der Waals surface area (Å²) in [7, 11) is 0. The standard InChI is InChI=1S/C20H27N3O4S/c1-5-26-19(24)13(2)28-18-15(11-21)14-10-20(3,4)27-12-16(14)17(22-18)23-6-8-25-9-7-23/h13H,5-10,12H2,1-4H3/p+1/t13-/m0/s1. The average Bonchev–Trinajstić information content (AvgIpc) is 2.67. The first-order valence-electron chi connectivity index (χ1n) is 9.67. The van der Waals surface area contributed by atoms with Crippen molar-refractivity contribution in [2.24, 2.45) is 0 Å².